The van der Waals surface area contributed by atoms with Gasteiger partial charge in [-0.15, -0.1) is 11.3 Å². The number of alkyl halides is 3. The van der Waals surface area contributed by atoms with Gasteiger partial charge in [0.15, 0.2) is 5.69 Å². The van der Waals surface area contributed by atoms with Crippen LogP contribution >= 0.6 is 11.3 Å². The minimum atomic E-state index is -4.40. The van der Waals surface area contributed by atoms with Crippen LogP contribution in [0.2, 0.25) is 0 Å². The molecule has 1 rings (SSSR count). The molecule has 0 aliphatic heterocycles. The molecule has 0 aliphatic rings. The molecule has 0 bridgehead atoms. The van der Waals surface area contributed by atoms with Crippen LogP contribution in [0, 0.1) is 12.8 Å². The second-order valence-electron chi connectivity index (χ2n) is 5.13. The first-order valence-corrected chi connectivity index (χ1v) is 6.90. The average molecular weight is 295 g/mol. The molecule has 0 radical (unpaired) electrons. The number of nitrogens with one attached hydrogen (secondary N) is 1. The minimum absolute atomic E-state index is 0.131. The Morgan fingerprint density at radius 2 is 1.95 bits per heavy atom. The van der Waals surface area contributed by atoms with E-state index in [2.05, 4.69) is 10.3 Å². The van der Waals surface area contributed by atoms with Crippen molar-refractivity contribution >= 4 is 11.3 Å². The van der Waals surface area contributed by atoms with Gasteiger partial charge in [0, 0.05) is 18.6 Å². The van der Waals surface area contributed by atoms with Crippen LogP contribution in [-0.4, -0.2) is 17.1 Å². The van der Waals surface area contributed by atoms with Gasteiger partial charge in [0.2, 0.25) is 0 Å². The summed E-state index contributed by atoms with van der Waals surface area (Å²) in [6, 6.07) is 0. The molecule has 1 aromatic heterocycles. The third kappa shape index (κ3) is 3.90. The predicted octanol–water partition coefficient (Wildman–Crippen LogP) is 2.93. The van der Waals surface area contributed by atoms with Crippen molar-refractivity contribution in [1.82, 2.24) is 10.3 Å². The normalized spacial score (nSPS) is 15.8. The lowest BCUT2D eigenvalue weighted by molar-refractivity contribution is -0.141. The first kappa shape index (κ1) is 16.4. The molecule has 19 heavy (non-hydrogen) atoms. The number of nitrogens with two attached hydrogens (primary N) is 1. The van der Waals surface area contributed by atoms with Crippen molar-refractivity contribution < 1.29 is 13.2 Å². The third-order valence-electron chi connectivity index (χ3n) is 3.42. The van der Waals surface area contributed by atoms with Gasteiger partial charge in [-0.1, -0.05) is 13.8 Å². The lowest BCUT2D eigenvalue weighted by Gasteiger charge is -2.33. The Kier molecular flexibility index (Phi) is 4.97. The second kappa shape index (κ2) is 5.76. The summed E-state index contributed by atoms with van der Waals surface area (Å²) in [6.45, 7) is 7.97. The van der Waals surface area contributed by atoms with Crippen LogP contribution in [0.5, 0.6) is 0 Å². The number of hydrogen-bond donors (Lipinski definition) is 2. The van der Waals surface area contributed by atoms with E-state index < -0.39 is 11.9 Å². The molecule has 0 aromatic carbocycles. The maximum atomic E-state index is 12.8. The predicted molar refractivity (Wildman–Crippen MR) is 71.0 cm³/mol. The minimum Gasteiger partial charge on any atom is -0.329 e. The van der Waals surface area contributed by atoms with Crippen molar-refractivity contribution in [3.63, 3.8) is 0 Å². The van der Waals surface area contributed by atoms with Gasteiger partial charge in [0.05, 0.1) is 9.88 Å². The van der Waals surface area contributed by atoms with E-state index in [4.69, 9.17) is 5.73 Å². The highest BCUT2D eigenvalue weighted by Crippen LogP contribution is 2.34. The van der Waals surface area contributed by atoms with Gasteiger partial charge >= 0.3 is 6.18 Å². The van der Waals surface area contributed by atoms with Gasteiger partial charge in [0.25, 0.3) is 0 Å². The monoisotopic (exact) mass is 295 g/mol. The first-order chi connectivity index (χ1) is 8.60. The zero-order chi connectivity index (χ0) is 14.8. The van der Waals surface area contributed by atoms with Gasteiger partial charge in [-0.2, -0.15) is 13.2 Å². The molecule has 0 saturated heterocycles. The Hall–Kier alpha value is -0.660. The van der Waals surface area contributed by atoms with Gasteiger partial charge in [-0.3, -0.25) is 0 Å². The molecular weight excluding hydrogens is 275 g/mol. The zero-order valence-corrected chi connectivity index (χ0v) is 12.4. The lowest BCUT2D eigenvalue weighted by Crippen LogP contribution is -2.52. The molecule has 1 heterocycles. The molecule has 0 aliphatic carbocycles. The van der Waals surface area contributed by atoms with Crippen LogP contribution in [-0.2, 0) is 12.7 Å². The number of hydrogen-bond acceptors (Lipinski definition) is 4. The van der Waals surface area contributed by atoms with Crippen molar-refractivity contribution in [3.05, 3.63) is 15.6 Å². The summed E-state index contributed by atoms with van der Waals surface area (Å²) in [4.78, 5) is 3.79. The van der Waals surface area contributed by atoms with E-state index >= 15 is 0 Å². The fourth-order valence-corrected chi connectivity index (χ4v) is 2.50. The Bertz CT molecular complexity index is 428. The van der Waals surface area contributed by atoms with E-state index in [0.717, 1.165) is 11.3 Å². The lowest BCUT2D eigenvalue weighted by atomic mass is 9.88. The maximum Gasteiger partial charge on any atom is 0.434 e. The molecule has 0 fully saturated rings. The van der Waals surface area contributed by atoms with E-state index in [1.165, 1.54) is 0 Å². The van der Waals surface area contributed by atoms with E-state index in [1.807, 2.05) is 20.8 Å². The SMILES string of the molecule is Cc1nc(C(F)(F)F)c(CNC(C)(CN)C(C)C)s1. The topological polar surface area (TPSA) is 50.9 Å². The highest BCUT2D eigenvalue weighted by molar-refractivity contribution is 7.11. The first-order valence-electron chi connectivity index (χ1n) is 6.08. The quantitative estimate of drug-likeness (QED) is 0.878. The molecule has 0 saturated carbocycles. The van der Waals surface area contributed by atoms with Crippen molar-refractivity contribution in [3.8, 4) is 0 Å². The van der Waals surface area contributed by atoms with E-state index in [9.17, 15) is 13.2 Å². The van der Waals surface area contributed by atoms with Gasteiger partial charge < -0.3 is 11.1 Å². The highest BCUT2D eigenvalue weighted by atomic mass is 32.1. The molecule has 7 heteroatoms. The van der Waals surface area contributed by atoms with Crippen LogP contribution in [0.4, 0.5) is 13.2 Å². The molecule has 0 amide bonds. The summed E-state index contributed by atoms with van der Waals surface area (Å²) >= 11 is 1.07. The van der Waals surface area contributed by atoms with Gasteiger partial charge in [-0.25, -0.2) is 4.98 Å². The largest absolute Gasteiger partial charge is 0.434 e. The Morgan fingerprint density at radius 1 is 1.37 bits per heavy atom. The van der Waals surface area contributed by atoms with E-state index in [-0.39, 0.29) is 22.9 Å². The van der Waals surface area contributed by atoms with Crippen LogP contribution in [0.25, 0.3) is 0 Å². The summed E-state index contributed by atoms with van der Waals surface area (Å²) in [5, 5.41) is 3.55. The van der Waals surface area contributed by atoms with Crippen molar-refractivity contribution in [1.29, 1.82) is 0 Å². The molecule has 3 nitrogen and oxygen atoms in total. The highest BCUT2D eigenvalue weighted by Gasteiger charge is 2.37. The van der Waals surface area contributed by atoms with Crippen LogP contribution in [0.15, 0.2) is 0 Å². The van der Waals surface area contributed by atoms with Crippen LogP contribution in [0.1, 0.15) is 36.3 Å². The average Bonchev–Trinajstić information content (AvgIpc) is 2.67. The molecule has 3 N–H and O–H groups in total. The molecule has 110 valence electrons. The van der Waals surface area contributed by atoms with Crippen molar-refractivity contribution in [2.75, 3.05) is 6.54 Å². The van der Waals surface area contributed by atoms with Gasteiger partial charge in [-0.05, 0) is 19.8 Å². The fraction of sp³-hybridized carbons (Fsp3) is 0.750. The molecule has 1 atom stereocenters. The van der Waals surface area contributed by atoms with E-state index in [1.54, 1.807) is 6.92 Å². The number of rotatable bonds is 5. The number of aromatic nitrogens is 1. The summed E-state index contributed by atoms with van der Waals surface area (Å²) < 4.78 is 38.4. The third-order valence-corrected chi connectivity index (χ3v) is 4.39. The maximum absolute atomic E-state index is 12.8. The smallest absolute Gasteiger partial charge is 0.329 e. The zero-order valence-electron chi connectivity index (χ0n) is 11.6. The molecule has 1 unspecified atom stereocenters. The number of nitrogens with zero attached hydrogens (tertiary/aromatic N) is 1. The Balaban J connectivity index is 2.89. The summed E-state index contributed by atoms with van der Waals surface area (Å²) in [7, 11) is 0. The number of halogens is 3. The Labute approximate surface area is 115 Å². The second-order valence-corrected chi connectivity index (χ2v) is 6.42. The Morgan fingerprint density at radius 3 is 2.37 bits per heavy atom. The number of thiazole rings is 1. The summed E-state index contributed by atoms with van der Waals surface area (Å²) in [5.74, 6) is 0.223. The molecular formula is C12H20F3N3S. The molecule has 0 spiro atoms. The van der Waals surface area contributed by atoms with Crippen LogP contribution < -0.4 is 11.1 Å². The molecule has 1 aromatic rings. The van der Waals surface area contributed by atoms with Gasteiger partial charge in [0.1, 0.15) is 0 Å². The van der Waals surface area contributed by atoms with E-state index in [0.29, 0.717) is 11.6 Å². The summed E-state index contributed by atoms with van der Waals surface area (Å²) in [5.41, 5.74) is 4.53. The van der Waals surface area contributed by atoms with Crippen molar-refractivity contribution in [2.24, 2.45) is 11.7 Å². The van der Waals surface area contributed by atoms with Crippen molar-refractivity contribution in [2.45, 2.75) is 46.0 Å². The summed E-state index contributed by atoms with van der Waals surface area (Å²) in [6.07, 6.45) is -4.40. The van der Waals surface area contributed by atoms with Crippen LogP contribution in [0.3, 0.4) is 0 Å². The number of aryl methyl sites for hydroxylation is 1. The fourth-order valence-electron chi connectivity index (χ4n) is 1.60. The standard InChI is InChI=1S/C12H20F3N3S/c1-7(2)11(4,6-16)17-5-9-10(12(13,14)15)18-8(3)19-9/h7,17H,5-6,16H2,1-4H3.